The predicted molar refractivity (Wildman–Crippen MR) is 68.0 cm³/mol. The molecule has 1 atom stereocenters. The average molecular weight is 252 g/mol. The first-order chi connectivity index (χ1) is 8.72. The Labute approximate surface area is 108 Å². The average Bonchev–Trinajstić information content (AvgIpc) is 2.39. The summed E-state index contributed by atoms with van der Waals surface area (Å²) in [4.78, 5) is 10.9. The molecule has 0 aliphatic rings. The highest BCUT2D eigenvalue weighted by atomic mass is 16.5. The van der Waals surface area contributed by atoms with Crippen molar-refractivity contribution in [3.63, 3.8) is 0 Å². The molecule has 18 heavy (non-hydrogen) atoms. The Hall–Kier alpha value is -1.39. The van der Waals surface area contributed by atoms with E-state index >= 15 is 0 Å². The van der Waals surface area contributed by atoms with Crippen LogP contribution in [0.4, 0.5) is 0 Å². The van der Waals surface area contributed by atoms with Gasteiger partial charge in [0.25, 0.3) is 0 Å². The maximum absolute atomic E-state index is 10.9. The molecule has 1 aromatic carbocycles. The third kappa shape index (κ3) is 6.37. The number of methoxy groups -OCH3 is 1. The number of hydrogen-bond donors (Lipinski definition) is 1. The van der Waals surface area contributed by atoms with Crippen LogP contribution >= 0.6 is 0 Å². The number of ether oxygens (including phenoxy) is 2. The minimum Gasteiger partial charge on any atom is -0.469 e. The van der Waals surface area contributed by atoms with E-state index in [-0.39, 0.29) is 12.6 Å². The second-order valence-electron chi connectivity index (χ2n) is 4.12. The van der Waals surface area contributed by atoms with Gasteiger partial charge in [-0.3, -0.25) is 4.79 Å². The summed E-state index contributed by atoms with van der Waals surface area (Å²) in [5, 5.41) is 9.64. The summed E-state index contributed by atoms with van der Waals surface area (Å²) in [6.45, 7) is 0.783. The second-order valence-corrected chi connectivity index (χ2v) is 4.12. The van der Waals surface area contributed by atoms with Gasteiger partial charge in [0.15, 0.2) is 0 Å². The molecule has 0 aromatic heterocycles. The fraction of sp³-hybridized carbons (Fsp3) is 0.500. The lowest BCUT2D eigenvalue weighted by molar-refractivity contribution is -0.140. The Morgan fingerprint density at radius 1 is 1.33 bits per heavy atom. The van der Waals surface area contributed by atoms with Gasteiger partial charge in [0.2, 0.25) is 0 Å². The number of benzene rings is 1. The Bertz CT molecular complexity index is 337. The fourth-order valence-electron chi connectivity index (χ4n) is 1.55. The van der Waals surface area contributed by atoms with Crippen LogP contribution in [0, 0.1) is 0 Å². The summed E-state index contributed by atoms with van der Waals surface area (Å²) < 4.78 is 9.92. The van der Waals surface area contributed by atoms with Gasteiger partial charge in [-0.2, -0.15) is 0 Å². The lowest BCUT2D eigenvalue weighted by atomic mass is 10.1. The molecule has 0 unspecified atom stereocenters. The number of rotatable bonds is 8. The fourth-order valence-corrected chi connectivity index (χ4v) is 1.55. The van der Waals surface area contributed by atoms with E-state index in [1.54, 1.807) is 0 Å². The van der Waals surface area contributed by atoms with Crippen LogP contribution in [0.2, 0.25) is 0 Å². The molecule has 0 fully saturated rings. The Kier molecular flexibility index (Phi) is 7.06. The van der Waals surface area contributed by atoms with Gasteiger partial charge in [-0.05, 0) is 18.4 Å². The smallest absolute Gasteiger partial charge is 0.305 e. The number of carbonyl (C=O) groups is 1. The quantitative estimate of drug-likeness (QED) is 0.718. The highest BCUT2D eigenvalue weighted by molar-refractivity contribution is 5.68. The lowest BCUT2D eigenvalue weighted by Crippen LogP contribution is -2.15. The van der Waals surface area contributed by atoms with Crippen molar-refractivity contribution in [3.05, 3.63) is 35.9 Å². The Balaban J connectivity index is 2.06. The molecule has 0 saturated heterocycles. The first kappa shape index (κ1) is 14.7. The molecular weight excluding hydrogens is 232 g/mol. The first-order valence-electron chi connectivity index (χ1n) is 6.09. The molecule has 1 N–H and O–H groups in total. The standard InChI is InChI=1S/C14H20O4/c1-17-14(16)9-5-8-13(15)11-18-10-12-6-3-2-4-7-12/h2-4,6-7,13,15H,5,8-11H2,1H3/t13-/m1/s1. The van der Waals surface area contributed by atoms with Crippen molar-refractivity contribution < 1.29 is 19.4 Å². The summed E-state index contributed by atoms with van der Waals surface area (Å²) in [5.41, 5.74) is 1.08. The molecule has 1 rings (SSSR count). The molecule has 0 radical (unpaired) electrons. The van der Waals surface area contributed by atoms with Crippen LogP contribution in [-0.2, 0) is 20.9 Å². The molecule has 0 bridgehead atoms. The highest BCUT2D eigenvalue weighted by Gasteiger charge is 2.06. The van der Waals surface area contributed by atoms with Crippen molar-refractivity contribution in [3.8, 4) is 0 Å². The van der Waals surface area contributed by atoms with Crippen LogP contribution in [-0.4, -0.2) is 30.9 Å². The minimum absolute atomic E-state index is 0.243. The van der Waals surface area contributed by atoms with Crippen LogP contribution in [0.15, 0.2) is 30.3 Å². The maximum atomic E-state index is 10.9. The summed E-state index contributed by atoms with van der Waals surface area (Å²) in [7, 11) is 1.36. The largest absolute Gasteiger partial charge is 0.469 e. The normalized spacial score (nSPS) is 12.1. The van der Waals surface area contributed by atoms with E-state index in [2.05, 4.69) is 4.74 Å². The van der Waals surface area contributed by atoms with E-state index in [9.17, 15) is 9.90 Å². The predicted octanol–water partition coefficient (Wildman–Crippen LogP) is 1.91. The van der Waals surface area contributed by atoms with E-state index in [0.717, 1.165) is 5.56 Å². The Morgan fingerprint density at radius 2 is 2.06 bits per heavy atom. The molecule has 100 valence electrons. The summed E-state index contributed by atoms with van der Waals surface area (Å²) in [6, 6.07) is 9.80. The number of aliphatic hydroxyl groups is 1. The van der Waals surface area contributed by atoms with Crippen molar-refractivity contribution >= 4 is 5.97 Å². The van der Waals surface area contributed by atoms with Crippen molar-refractivity contribution in [2.24, 2.45) is 0 Å². The van der Waals surface area contributed by atoms with Gasteiger partial charge in [0.1, 0.15) is 0 Å². The van der Waals surface area contributed by atoms with Crippen molar-refractivity contribution in [2.75, 3.05) is 13.7 Å². The Morgan fingerprint density at radius 3 is 2.72 bits per heavy atom. The van der Waals surface area contributed by atoms with Crippen molar-refractivity contribution in [2.45, 2.75) is 32.0 Å². The number of carbonyl (C=O) groups excluding carboxylic acids is 1. The van der Waals surface area contributed by atoms with Crippen LogP contribution in [0.5, 0.6) is 0 Å². The van der Waals surface area contributed by atoms with Crippen LogP contribution < -0.4 is 0 Å². The molecule has 0 aliphatic heterocycles. The van der Waals surface area contributed by atoms with E-state index < -0.39 is 6.10 Å². The number of aliphatic hydroxyl groups excluding tert-OH is 1. The molecule has 0 aliphatic carbocycles. The number of esters is 1. The molecule has 0 amide bonds. The van der Waals surface area contributed by atoms with Crippen molar-refractivity contribution in [1.82, 2.24) is 0 Å². The molecule has 0 spiro atoms. The zero-order valence-electron chi connectivity index (χ0n) is 10.7. The van der Waals surface area contributed by atoms with Crippen LogP contribution in [0.3, 0.4) is 0 Å². The third-order valence-electron chi connectivity index (χ3n) is 2.57. The zero-order valence-corrected chi connectivity index (χ0v) is 10.7. The van der Waals surface area contributed by atoms with Crippen molar-refractivity contribution in [1.29, 1.82) is 0 Å². The van der Waals surface area contributed by atoms with Gasteiger partial charge in [0, 0.05) is 6.42 Å². The van der Waals surface area contributed by atoms with Gasteiger partial charge in [-0.15, -0.1) is 0 Å². The van der Waals surface area contributed by atoms with E-state index in [0.29, 0.717) is 25.9 Å². The van der Waals surface area contributed by atoms with E-state index in [4.69, 9.17) is 4.74 Å². The van der Waals surface area contributed by atoms with Gasteiger partial charge >= 0.3 is 5.97 Å². The van der Waals surface area contributed by atoms with E-state index in [1.807, 2.05) is 30.3 Å². The SMILES string of the molecule is COC(=O)CCC[C@@H](O)COCc1ccccc1. The third-order valence-corrected chi connectivity index (χ3v) is 2.57. The monoisotopic (exact) mass is 252 g/mol. The molecule has 1 aromatic rings. The minimum atomic E-state index is -0.529. The summed E-state index contributed by atoms with van der Waals surface area (Å²) in [5.74, 6) is -0.243. The molecule has 4 nitrogen and oxygen atoms in total. The molecule has 0 heterocycles. The molecular formula is C14H20O4. The highest BCUT2D eigenvalue weighted by Crippen LogP contribution is 2.05. The summed E-state index contributed by atoms with van der Waals surface area (Å²) >= 11 is 0. The molecule has 0 saturated carbocycles. The van der Waals surface area contributed by atoms with E-state index in [1.165, 1.54) is 7.11 Å². The maximum Gasteiger partial charge on any atom is 0.305 e. The van der Waals surface area contributed by atoms with Crippen LogP contribution in [0.1, 0.15) is 24.8 Å². The number of hydrogen-bond acceptors (Lipinski definition) is 4. The van der Waals surface area contributed by atoms with Crippen LogP contribution in [0.25, 0.3) is 0 Å². The summed E-state index contributed by atoms with van der Waals surface area (Å²) in [6.07, 6.45) is 0.969. The topological polar surface area (TPSA) is 55.8 Å². The molecule has 4 heteroatoms. The van der Waals surface area contributed by atoms with Gasteiger partial charge in [0.05, 0.1) is 26.4 Å². The lowest BCUT2D eigenvalue weighted by Gasteiger charge is -2.10. The van der Waals surface area contributed by atoms with Gasteiger partial charge < -0.3 is 14.6 Å². The second kappa shape index (κ2) is 8.66. The first-order valence-corrected chi connectivity index (χ1v) is 6.09. The van der Waals surface area contributed by atoms with Gasteiger partial charge in [-0.25, -0.2) is 0 Å². The van der Waals surface area contributed by atoms with Gasteiger partial charge in [-0.1, -0.05) is 30.3 Å². The zero-order chi connectivity index (χ0) is 13.2.